The minimum atomic E-state index is 0.0502. The fourth-order valence-electron chi connectivity index (χ4n) is 1.42. The predicted octanol–water partition coefficient (Wildman–Crippen LogP) is 4.56. The molecule has 0 saturated carbocycles. The third-order valence-electron chi connectivity index (χ3n) is 2.42. The van der Waals surface area contributed by atoms with Gasteiger partial charge in [0.25, 0.3) is 0 Å². The summed E-state index contributed by atoms with van der Waals surface area (Å²) in [6, 6.07) is 9.65. The summed E-state index contributed by atoms with van der Waals surface area (Å²) in [5.74, 6) is 0.0502. The molecule has 0 atom stereocenters. The highest BCUT2D eigenvalue weighted by Gasteiger charge is 2.01. The maximum absolute atomic E-state index is 11.9. The smallest absolute Gasteiger partial charge is 0.185 e. The van der Waals surface area contributed by atoms with Crippen LogP contribution in [0, 0.1) is 10.5 Å². The second-order valence-corrected chi connectivity index (χ2v) is 5.87. The molecule has 0 saturated heterocycles. The van der Waals surface area contributed by atoms with Crippen LogP contribution in [0.1, 0.15) is 20.8 Å². The minimum Gasteiger partial charge on any atom is -0.289 e. The fraction of sp³-hybridized carbons (Fsp3) is 0.0714. The number of hydrogen-bond acceptors (Lipinski definition) is 2. The van der Waals surface area contributed by atoms with E-state index in [-0.39, 0.29) is 5.78 Å². The minimum absolute atomic E-state index is 0.0502. The Balaban J connectivity index is 2.14. The fourth-order valence-corrected chi connectivity index (χ4v) is 2.60. The van der Waals surface area contributed by atoms with E-state index >= 15 is 0 Å². The molecule has 1 heterocycles. The van der Waals surface area contributed by atoms with Gasteiger partial charge in [-0.3, -0.25) is 4.79 Å². The number of aryl methyl sites for hydroxylation is 1. The average molecular weight is 354 g/mol. The number of hydrogen-bond donors (Lipinski definition) is 0. The second-order valence-electron chi connectivity index (χ2n) is 3.67. The van der Waals surface area contributed by atoms with Gasteiger partial charge in [0.2, 0.25) is 0 Å². The van der Waals surface area contributed by atoms with Crippen LogP contribution in [0.4, 0.5) is 0 Å². The Hall–Kier alpha value is -0.940. The van der Waals surface area contributed by atoms with E-state index in [1.54, 1.807) is 17.4 Å². The molecule has 0 unspecified atom stereocenters. The van der Waals surface area contributed by atoms with Crippen molar-refractivity contribution >= 4 is 45.8 Å². The van der Waals surface area contributed by atoms with E-state index in [2.05, 4.69) is 28.7 Å². The third-order valence-corrected chi connectivity index (χ3v) is 4.12. The Kier molecular flexibility index (Phi) is 4.12. The van der Waals surface area contributed by atoms with E-state index in [1.807, 2.05) is 42.6 Å². The highest BCUT2D eigenvalue weighted by Crippen LogP contribution is 2.17. The van der Waals surface area contributed by atoms with Gasteiger partial charge in [0.15, 0.2) is 5.78 Å². The molecule has 0 aliphatic heterocycles. The Bertz CT molecular complexity index is 552. The van der Waals surface area contributed by atoms with Crippen LogP contribution in [0.15, 0.2) is 41.8 Å². The van der Waals surface area contributed by atoms with Crippen molar-refractivity contribution in [1.29, 1.82) is 0 Å². The lowest BCUT2D eigenvalue weighted by atomic mass is 10.1. The predicted molar refractivity (Wildman–Crippen MR) is 81.6 cm³/mol. The number of benzene rings is 1. The normalized spacial score (nSPS) is 10.9. The van der Waals surface area contributed by atoms with Crippen molar-refractivity contribution < 1.29 is 4.79 Å². The first-order chi connectivity index (χ1) is 8.16. The van der Waals surface area contributed by atoms with Gasteiger partial charge in [-0.2, -0.15) is 0 Å². The highest BCUT2D eigenvalue weighted by molar-refractivity contribution is 14.1. The molecule has 0 aliphatic carbocycles. The molecule has 2 aromatic rings. The van der Waals surface area contributed by atoms with Crippen LogP contribution in [-0.2, 0) is 0 Å². The summed E-state index contributed by atoms with van der Waals surface area (Å²) in [7, 11) is 0. The number of thiophene rings is 1. The van der Waals surface area contributed by atoms with Gasteiger partial charge >= 0.3 is 0 Å². The maximum atomic E-state index is 11.9. The van der Waals surface area contributed by atoms with Crippen LogP contribution in [0.2, 0.25) is 0 Å². The first-order valence-electron chi connectivity index (χ1n) is 5.19. The van der Waals surface area contributed by atoms with Gasteiger partial charge in [0.1, 0.15) is 0 Å². The van der Waals surface area contributed by atoms with E-state index in [9.17, 15) is 4.79 Å². The van der Waals surface area contributed by atoms with Crippen LogP contribution in [0.5, 0.6) is 0 Å². The average Bonchev–Trinajstić information content (AvgIpc) is 2.73. The van der Waals surface area contributed by atoms with Gasteiger partial charge in [-0.15, -0.1) is 11.3 Å². The van der Waals surface area contributed by atoms with Crippen molar-refractivity contribution in [2.45, 2.75) is 6.92 Å². The van der Waals surface area contributed by atoms with Gasteiger partial charge in [0, 0.05) is 14.0 Å². The molecule has 1 aromatic heterocycles. The molecule has 0 bridgehead atoms. The molecule has 2 rings (SSSR count). The SMILES string of the molecule is Cc1ccsc1/C=C/C(=O)c1ccc(I)cc1. The Morgan fingerprint density at radius 3 is 2.53 bits per heavy atom. The lowest BCUT2D eigenvalue weighted by Gasteiger charge is -1.95. The molecule has 0 N–H and O–H groups in total. The summed E-state index contributed by atoms with van der Waals surface area (Å²) in [5, 5.41) is 2.03. The summed E-state index contributed by atoms with van der Waals surface area (Å²) >= 11 is 3.88. The van der Waals surface area contributed by atoms with Crippen molar-refractivity contribution in [3.05, 3.63) is 61.4 Å². The van der Waals surface area contributed by atoms with Crippen LogP contribution in [-0.4, -0.2) is 5.78 Å². The van der Waals surface area contributed by atoms with Crippen molar-refractivity contribution in [3.63, 3.8) is 0 Å². The van der Waals surface area contributed by atoms with Gasteiger partial charge in [-0.1, -0.05) is 12.1 Å². The first-order valence-corrected chi connectivity index (χ1v) is 7.15. The number of allylic oxidation sites excluding steroid dienone is 1. The van der Waals surface area contributed by atoms with Crippen molar-refractivity contribution in [2.75, 3.05) is 0 Å². The molecule has 0 aliphatic rings. The maximum Gasteiger partial charge on any atom is 0.185 e. The summed E-state index contributed by atoms with van der Waals surface area (Å²) in [4.78, 5) is 13.0. The quantitative estimate of drug-likeness (QED) is 0.449. The second kappa shape index (κ2) is 5.60. The molecule has 0 amide bonds. The highest BCUT2D eigenvalue weighted by atomic mass is 127. The zero-order valence-corrected chi connectivity index (χ0v) is 12.3. The molecule has 0 spiro atoms. The standard InChI is InChI=1S/C14H11IOS/c1-10-8-9-17-14(10)7-6-13(16)11-2-4-12(15)5-3-11/h2-9H,1H3/b7-6+. The molecule has 17 heavy (non-hydrogen) atoms. The van der Waals surface area contributed by atoms with E-state index in [1.165, 1.54) is 5.56 Å². The molecule has 86 valence electrons. The van der Waals surface area contributed by atoms with Crippen LogP contribution in [0.3, 0.4) is 0 Å². The molecular weight excluding hydrogens is 343 g/mol. The molecule has 0 fully saturated rings. The Labute approximate surface area is 118 Å². The van der Waals surface area contributed by atoms with Crippen LogP contribution >= 0.6 is 33.9 Å². The molecule has 1 aromatic carbocycles. The van der Waals surface area contributed by atoms with Crippen molar-refractivity contribution in [2.24, 2.45) is 0 Å². The Morgan fingerprint density at radius 1 is 1.24 bits per heavy atom. The topological polar surface area (TPSA) is 17.1 Å². The summed E-state index contributed by atoms with van der Waals surface area (Å²) in [6.45, 7) is 2.05. The lowest BCUT2D eigenvalue weighted by molar-refractivity contribution is 0.104. The Morgan fingerprint density at radius 2 is 1.94 bits per heavy atom. The number of ketones is 1. The van der Waals surface area contributed by atoms with E-state index < -0.39 is 0 Å². The van der Waals surface area contributed by atoms with Crippen LogP contribution < -0.4 is 0 Å². The number of halogens is 1. The van der Waals surface area contributed by atoms with Gasteiger partial charge in [-0.25, -0.2) is 0 Å². The number of rotatable bonds is 3. The molecule has 0 radical (unpaired) electrons. The van der Waals surface area contributed by atoms with E-state index in [0.717, 1.165) is 14.0 Å². The zero-order chi connectivity index (χ0) is 12.3. The van der Waals surface area contributed by atoms with Gasteiger partial charge in [0.05, 0.1) is 0 Å². The number of carbonyl (C=O) groups excluding carboxylic acids is 1. The van der Waals surface area contributed by atoms with E-state index in [4.69, 9.17) is 0 Å². The number of carbonyl (C=O) groups is 1. The van der Waals surface area contributed by atoms with Crippen molar-refractivity contribution in [1.82, 2.24) is 0 Å². The molecule has 1 nitrogen and oxygen atoms in total. The summed E-state index contributed by atoms with van der Waals surface area (Å²) in [5.41, 5.74) is 1.94. The largest absolute Gasteiger partial charge is 0.289 e. The monoisotopic (exact) mass is 354 g/mol. The van der Waals surface area contributed by atoms with E-state index in [0.29, 0.717) is 0 Å². The summed E-state index contributed by atoms with van der Waals surface area (Å²) < 4.78 is 1.14. The van der Waals surface area contributed by atoms with Crippen LogP contribution in [0.25, 0.3) is 6.08 Å². The lowest BCUT2D eigenvalue weighted by Crippen LogP contribution is -1.93. The van der Waals surface area contributed by atoms with Gasteiger partial charge < -0.3 is 0 Å². The molecular formula is C14H11IOS. The van der Waals surface area contributed by atoms with Gasteiger partial charge in [-0.05, 0) is 70.8 Å². The van der Waals surface area contributed by atoms with Crippen molar-refractivity contribution in [3.8, 4) is 0 Å². The zero-order valence-electron chi connectivity index (χ0n) is 9.31. The molecule has 3 heteroatoms. The summed E-state index contributed by atoms with van der Waals surface area (Å²) in [6.07, 6.45) is 3.53. The first kappa shape index (κ1) is 12.5. The third kappa shape index (κ3) is 3.26.